The predicted octanol–water partition coefficient (Wildman–Crippen LogP) is 3.75. The van der Waals surface area contributed by atoms with Crippen molar-refractivity contribution < 1.29 is 13.6 Å². The second kappa shape index (κ2) is 5.65. The Hall–Kier alpha value is -1.17. The van der Waals surface area contributed by atoms with Crippen LogP contribution in [0.25, 0.3) is 0 Å². The summed E-state index contributed by atoms with van der Waals surface area (Å²) in [4.78, 5) is 13.4. The molecule has 2 rings (SSSR count). The van der Waals surface area contributed by atoms with Crippen LogP contribution in [-0.4, -0.2) is 24.0 Å². The molecule has 0 spiro atoms. The zero-order valence-corrected chi connectivity index (χ0v) is 11.3. The lowest BCUT2D eigenvalue weighted by molar-refractivity contribution is 0.200. The Labute approximate surface area is 112 Å². The van der Waals surface area contributed by atoms with Gasteiger partial charge in [0.2, 0.25) is 0 Å². The van der Waals surface area contributed by atoms with Crippen LogP contribution in [-0.2, 0) is 0 Å². The molecule has 0 aromatic heterocycles. The van der Waals surface area contributed by atoms with Crippen molar-refractivity contribution in [2.24, 2.45) is 0 Å². The second-order valence-corrected chi connectivity index (χ2v) is 5.14. The molecule has 6 heteroatoms. The summed E-state index contributed by atoms with van der Waals surface area (Å²) in [5, 5.41) is 2.29. The number of carbonyl (C=O) groups excluding carboxylic acids is 1. The van der Waals surface area contributed by atoms with E-state index in [-0.39, 0.29) is 0 Å². The third-order valence-corrected chi connectivity index (χ3v) is 3.34. The molecule has 1 aliphatic heterocycles. The summed E-state index contributed by atoms with van der Waals surface area (Å²) in [6, 6.07) is 1.79. The van der Waals surface area contributed by atoms with Gasteiger partial charge in [-0.1, -0.05) is 15.9 Å². The van der Waals surface area contributed by atoms with E-state index in [2.05, 4.69) is 21.2 Å². The summed E-state index contributed by atoms with van der Waals surface area (Å²) >= 11 is 2.99. The van der Waals surface area contributed by atoms with E-state index in [1.165, 1.54) is 0 Å². The highest BCUT2D eigenvalue weighted by Gasteiger charge is 2.19. The van der Waals surface area contributed by atoms with Crippen molar-refractivity contribution in [3.8, 4) is 0 Å². The Morgan fingerprint density at radius 1 is 1.17 bits per heavy atom. The quantitative estimate of drug-likeness (QED) is 0.840. The molecule has 1 heterocycles. The van der Waals surface area contributed by atoms with E-state index >= 15 is 0 Å². The summed E-state index contributed by atoms with van der Waals surface area (Å²) in [5.41, 5.74) is -0.395. The van der Waals surface area contributed by atoms with Crippen molar-refractivity contribution >= 4 is 27.6 Å². The fourth-order valence-corrected chi connectivity index (χ4v) is 2.35. The van der Waals surface area contributed by atoms with E-state index in [0.29, 0.717) is 17.6 Å². The lowest BCUT2D eigenvalue weighted by Gasteiger charge is -2.26. The standard InChI is InChI=1S/C12H13BrF2N2O/c13-8-6-9(14)11(10(15)7-8)16-12(18)17-4-2-1-3-5-17/h6-7H,1-5H2,(H,16,18). The maximum Gasteiger partial charge on any atom is 0.322 e. The summed E-state index contributed by atoms with van der Waals surface area (Å²) in [7, 11) is 0. The third-order valence-electron chi connectivity index (χ3n) is 2.88. The van der Waals surface area contributed by atoms with Gasteiger partial charge in [0, 0.05) is 17.6 Å². The van der Waals surface area contributed by atoms with Crippen LogP contribution < -0.4 is 5.32 Å². The van der Waals surface area contributed by atoms with Crippen LogP contribution in [0.1, 0.15) is 19.3 Å². The average Bonchev–Trinajstić information content (AvgIpc) is 2.34. The Morgan fingerprint density at radius 2 is 1.72 bits per heavy atom. The smallest absolute Gasteiger partial charge is 0.322 e. The monoisotopic (exact) mass is 318 g/mol. The van der Waals surface area contributed by atoms with Crippen molar-refractivity contribution in [1.82, 2.24) is 4.90 Å². The number of anilines is 1. The molecule has 1 aromatic rings. The molecule has 0 radical (unpaired) electrons. The van der Waals surface area contributed by atoms with E-state index in [4.69, 9.17) is 0 Å². The molecule has 1 aromatic carbocycles. The Morgan fingerprint density at radius 3 is 2.28 bits per heavy atom. The molecular formula is C12H13BrF2N2O. The molecular weight excluding hydrogens is 306 g/mol. The number of hydrogen-bond donors (Lipinski definition) is 1. The minimum atomic E-state index is -0.785. The van der Waals surface area contributed by atoms with Gasteiger partial charge in [-0.15, -0.1) is 0 Å². The first-order chi connectivity index (χ1) is 8.58. The summed E-state index contributed by atoms with van der Waals surface area (Å²) in [6.07, 6.45) is 2.95. The topological polar surface area (TPSA) is 32.3 Å². The summed E-state index contributed by atoms with van der Waals surface area (Å²) in [5.74, 6) is -1.57. The van der Waals surface area contributed by atoms with Crippen LogP contribution in [0.15, 0.2) is 16.6 Å². The number of urea groups is 1. The molecule has 0 saturated carbocycles. The molecule has 0 unspecified atom stereocenters. The van der Waals surface area contributed by atoms with Crippen LogP contribution in [0.5, 0.6) is 0 Å². The van der Waals surface area contributed by atoms with Crippen molar-refractivity contribution in [2.45, 2.75) is 19.3 Å². The van der Waals surface area contributed by atoms with Crippen LogP contribution in [0.4, 0.5) is 19.3 Å². The number of halogens is 3. The normalized spacial score (nSPS) is 15.6. The highest BCUT2D eigenvalue weighted by molar-refractivity contribution is 9.10. The summed E-state index contributed by atoms with van der Waals surface area (Å²) in [6.45, 7) is 1.26. The van der Waals surface area contributed by atoms with Crippen LogP contribution in [0.3, 0.4) is 0 Å². The summed E-state index contributed by atoms with van der Waals surface area (Å²) < 4.78 is 27.4. The minimum Gasteiger partial charge on any atom is -0.325 e. The molecule has 18 heavy (non-hydrogen) atoms. The van der Waals surface area contributed by atoms with Crippen LogP contribution >= 0.6 is 15.9 Å². The average molecular weight is 319 g/mol. The predicted molar refractivity (Wildman–Crippen MR) is 68.5 cm³/mol. The van der Waals surface area contributed by atoms with E-state index in [0.717, 1.165) is 31.4 Å². The minimum absolute atomic E-state index is 0.300. The van der Waals surface area contributed by atoms with E-state index in [1.807, 2.05) is 0 Å². The molecule has 0 aliphatic carbocycles. The number of likely N-dealkylation sites (tertiary alicyclic amines) is 1. The number of piperidine rings is 1. The SMILES string of the molecule is O=C(Nc1c(F)cc(Br)cc1F)N1CCCCC1. The number of amides is 2. The van der Waals surface area contributed by atoms with Gasteiger partial charge in [-0.25, -0.2) is 13.6 Å². The van der Waals surface area contributed by atoms with Gasteiger partial charge in [-0.05, 0) is 31.4 Å². The lowest BCUT2D eigenvalue weighted by atomic mass is 10.1. The van der Waals surface area contributed by atoms with E-state index in [9.17, 15) is 13.6 Å². The molecule has 1 saturated heterocycles. The second-order valence-electron chi connectivity index (χ2n) is 4.22. The maximum absolute atomic E-state index is 13.5. The van der Waals surface area contributed by atoms with Crippen LogP contribution in [0, 0.1) is 11.6 Å². The van der Waals surface area contributed by atoms with Crippen molar-refractivity contribution in [3.63, 3.8) is 0 Å². The van der Waals surface area contributed by atoms with Gasteiger partial charge in [0.05, 0.1) is 0 Å². The van der Waals surface area contributed by atoms with Gasteiger partial charge in [-0.2, -0.15) is 0 Å². The molecule has 1 fully saturated rings. The van der Waals surface area contributed by atoms with Gasteiger partial charge >= 0.3 is 6.03 Å². The number of nitrogens with zero attached hydrogens (tertiary/aromatic N) is 1. The zero-order chi connectivity index (χ0) is 13.1. The molecule has 98 valence electrons. The number of hydrogen-bond acceptors (Lipinski definition) is 1. The molecule has 1 aliphatic rings. The van der Waals surface area contributed by atoms with Crippen LogP contribution in [0.2, 0.25) is 0 Å². The van der Waals surface area contributed by atoms with Gasteiger partial charge in [0.25, 0.3) is 0 Å². The number of nitrogens with one attached hydrogen (secondary N) is 1. The van der Waals surface area contributed by atoms with E-state index < -0.39 is 23.4 Å². The fraction of sp³-hybridized carbons (Fsp3) is 0.417. The van der Waals surface area contributed by atoms with Gasteiger partial charge in [-0.3, -0.25) is 0 Å². The third kappa shape index (κ3) is 2.98. The first kappa shape index (κ1) is 13.3. The first-order valence-corrected chi connectivity index (χ1v) is 6.57. The van der Waals surface area contributed by atoms with Gasteiger partial charge in [0.15, 0.2) is 11.6 Å². The van der Waals surface area contributed by atoms with Crippen molar-refractivity contribution in [1.29, 1.82) is 0 Å². The van der Waals surface area contributed by atoms with Crippen molar-refractivity contribution in [3.05, 3.63) is 28.2 Å². The largest absolute Gasteiger partial charge is 0.325 e. The molecule has 0 bridgehead atoms. The van der Waals surface area contributed by atoms with Gasteiger partial charge in [0.1, 0.15) is 5.69 Å². The maximum atomic E-state index is 13.5. The highest BCUT2D eigenvalue weighted by atomic mass is 79.9. The van der Waals surface area contributed by atoms with E-state index in [1.54, 1.807) is 4.90 Å². The Bertz CT molecular complexity index is 438. The zero-order valence-electron chi connectivity index (χ0n) is 9.68. The number of carbonyl (C=O) groups is 1. The first-order valence-electron chi connectivity index (χ1n) is 5.78. The Kier molecular flexibility index (Phi) is 4.16. The highest BCUT2D eigenvalue weighted by Crippen LogP contribution is 2.24. The Balaban J connectivity index is 2.11. The molecule has 1 N–H and O–H groups in total. The fourth-order valence-electron chi connectivity index (χ4n) is 1.94. The van der Waals surface area contributed by atoms with Crippen molar-refractivity contribution in [2.75, 3.05) is 18.4 Å². The molecule has 0 atom stereocenters. The number of benzene rings is 1. The molecule has 2 amide bonds. The lowest BCUT2D eigenvalue weighted by Crippen LogP contribution is -2.39. The van der Waals surface area contributed by atoms with Gasteiger partial charge < -0.3 is 10.2 Å². The number of rotatable bonds is 1. The molecule has 3 nitrogen and oxygen atoms in total.